The molecule has 118 valence electrons. The second kappa shape index (κ2) is 6.40. The summed E-state index contributed by atoms with van der Waals surface area (Å²) in [5.74, 6) is -0.423. The number of allylic oxidation sites excluding steroid dienone is 1. The number of ether oxygens (including phenoxy) is 2. The third-order valence-electron chi connectivity index (χ3n) is 4.28. The third-order valence-corrected chi connectivity index (χ3v) is 4.28. The van der Waals surface area contributed by atoms with Crippen LogP contribution in [-0.2, 0) is 14.3 Å². The summed E-state index contributed by atoms with van der Waals surface area (Å²) < 4.78 is 11.5. The predicted molar refractivity (Wildman–Crippen MR) is 77.6 cm³/mol. The first-order valence-electron chi connectivity index (χ1n) is 7.32. The Balaban J connectivity index is 2.09. The minimum Gasteiger partial charge on any atom is -0.393 e. The summed E-state index contributed by atoms with van der Waals surface area (Å²) in [4.78, 5) is 11.8. The molecule has 3 unspecified atom stereocenters. The molecule has 2 N–H and O–H groups in total. The van der Waals surface area contributed by atoms with Crippen molar-refractivity contribution >= 4 is 5.78 Å². The Labute approximate surface area is 125 Å². The second-order valence-corrected chi connectivity index (χ2v) is 6.16. The molecule has 0 bridgehead atoms. The van der Waals surface area contributed by atoms with E-state index in [1.807, 2.05) is 6.92 Å². The standard InChI is InChI=1S/C16H24O5/c1-10(2)4-5-20-15-8-16(19,9-17)12-7-13(18)11(3)6-14(12)21-15/h6,12,14-15,17,19H,1,4-5,7-9H2,2-3H3/t12?,14?,15?,16-/m0/s1. The Morgan fingerprint density at radius 3 is 2.95 bits per heavy atom. The normalized spacial score (nSPS) is 36.1. The van der Waals surface area contributed by atoms with Crippen molar-refractivity contribution in [2.75, 3.05) is 13.2 Å². The maximum Gasteiger partial charge on any atom is 0.161 e. The van der Waals surface area contributed by atoms with E-state index in [4.69, 9.17) is 9.47 Å². The van der Waals surface area contributed by atoms with Crippen LogP contribution in [0.2, 0.25) is 0 Å². The highest BCUT2D eigenvalue weighted by Crippen LogP contribution is 2.40. The van der Waals surface area contributed by atoms with Gasteiger partial charge in [0.2, 0.25) is 0 Å². The van der Waals surface area contributed by atoms with Gasteiger partial charge in [-0.2, -0.15) is 0 Å². The molecule has 0 radical (unpaired) electrons. The van der Waals surface area contributed by atoms with Crippen LogP contribution in [0.4, 0.5) is 0 Å². The summed E-state index contributed by atoms with van der Waals surface area (Å²) >= 11 is 0. The number of hydrogen-bond donors (Lipinski definition) is 2. The SMILES string of the molecule is C=C(C)CCOC1C[C@](O)(CO)C2CC(=O)C(C)=CC2O1. The number of hydrogen-bond acceptors (Lipinski definition) is 5. The average molecular weight is 296 g/mol. The van der Waals surface area contributed by atoms with Gasteiger partial charge in [0.15, 0.2) is 12.1 Å². The Kier molecular flexibility index (Phi) is 4.99. The van der Waals surface area contributed by atoms with Gasteiger partial charge in [-0.25, -0.2) is 0 Å². The fourth-order valence-electron chi connectivity index (χ4n) is 2.87. The van der Waals surface area contributed by atoms with Crippen molar-refractivity contribution in [3.8, 4) is 0 Å². The number of aliphatic hydroxyl groups is 2. The Morgan fingerprint density at radius 2 is 2.33 bits per heavy atom. The number of carbonyl (C=O) groups excluding carboxylic acids is 1. The molecule has 1 aliphatic carbocycles. The molecule has 1 saturated heterocycles. The monoisotopic (exact) mass is 296 g/mol. The van der Waals surface area contributed by atoms with Crippen molar-refractivity contribution in [2.24, 2.45) is 5.92 Å². The highest BCUT2D eigenvalue weighted by molar-refractivity contribution is 5.96. The highest BCUT2D eigenvalue weighted by atomic mass is 16.7. The number of aliphatic hydroxyl groups excluding tert-OH is 1. The zero-order valence-corrected chi connectivity index (χ0v) is 12.7. The minimum atomic E-state index is -1.34. The lowest BCUT2D eigenvalue weighted by Crippen LogP contribution is -2.57. The molecule has 0 aromatic carbocycles. The third kappa shape index (κ3) is 3.61. The zero-order valence-electron chi connectivity index (χ0n) is 12.7. The predicted octanol–water partition coefficient (Wildman–Crippen LogP) is 1.34. The molecule has 1 aliphatic heterocycles. The van der Waals surface area contributed by atoms with Crippen LogP contribution in [-0.4, -0.2) is 47.2 Å². The van der Waals surface area contributed by atoms with E-state index >= 15 is 0 Å². The van der Waals surface area contributed by atoms with Crippen LogP contribution in [0.15, 0.2) is 23.8 Å². The minimum absolute atomic E-state index is 0.00613. The van der Waals surface area contributed by atoms with Gasteiger partial charge in [0.05, 0.1) is 24.9 Å². The van der Waals surface area contributed by atoms with E-state index in [-0.39, 0.29) is 18.6 Å². The molecule has 5 nitrogen and oxygen atoms in total. The van der Waals surface area contributed by atoms with Gasteiger partial charge in [0, 0.05) is 18.8 Å². The topological polar surface area (TPSA) is 76.0 Å². The van der Waals surface area contributed by atoms with Crippen LogP contribution in [0.3, 0.4) is 0 Å². The Bertz CT molecular complexity index is 456. The first-order valence-corrected chi connectivity index (χ1v) is 7.32. The van der Waals surface area contributed by atoms with Gasteiger partial charge in [-0.3, -0.25) is 4.79 Å². The largest absolute Gasteiger partial charge is 0.393 e. The van der Waals surface area contributed by atoms with Crippen molar-refractivity contribution in [1.29, 1.82) is 0 Å². The van der Waals surface area contributed by atoms with Crippen molar-refractivity contribution in [1.82, 2.24) is 0 Å². The van der Waals surface area contributed by atoms with Gasteiger partial charge in [0.25, 0.3) is 0 Å². The van der Waals surface area contributed by atoms with Gasteiger partial charge in [-0.1, -0.05) is 5.57 Å². The lowest BCUT2D eigenvalue weighted by Gasteiger charge is -2.47. The zero-order chi connectivity index (χ0) is 15.6. The molecule has 2 rings (SSSR count). The van der Waals surface area contributed by atoms with Crippen molar-refractivity contribution < 1.29 is 24.5 Å². The average Bonchev–Trinajstić information content (AvgIpc) is 2.41. The van der Waals surface area contributed by atoms with Crippen LogP contribution >= 0.6 is 0 Å². The van der Waals surface area contributed by atoms with Gasteiger partial charge in [0.1, 0.15) is 0 Å². The summed E-state index contributed by atoms with van der Waals surface area (Å²) in [6, 6.07) is 0. The molecule has 0 spiro atoms. The number of Topliss-reactive ketones (excluding diaryl/α,β-unsaturated/α-hetero) is 1. The maximum absolute atomic E-state index is 11.8. The molecule has 1 heterocycles. The van der Waals surface area contributed by atoms with Gasteiger partial charge >= 0.3 is 0 Å². The molecule has 4 atom stereocenters. The molecule has 1 fully saturated rings. The fraction of sp³-hybridized carbons (Fsp3) is 0.688. The van der Waals surface area contributed by atoms with E-state index in [1.165, 1.54) is 0 Å². The van der Waals surface area contributed by atoms with E-state index < -0.39 is 30.5 Å². The van der Waals surface area contributed by atoms with Crippen LogP contribution < -0.4 is 0 Å². The summed E-state index contributed by atoms with van der Waals surface area (Å²) in [6.45, 7) is 7.53. The van der Waals surface area contributed by atoms with Crippen molar-refractivity contribution in [2.45, 2.75) is 51.1 Å². The highest BCUT2D eigenvalue weighted by Gasteiger charge is 2.50. The summed E-state index contributed by atoms with van der Waals surface area (Å²) in [7, 11) is 0. The number of fused-ring (bicyclic) bond motifs is 1. The van der Waals surface area contributed by atoms with E-state index in [1.54, 1.807) is 13.0 Å². The van der Waals surface area contributed by atoms with Gasteiger partial charge in [-0.05, 0) is 31.9 Å². The van der Waals surface area contributed by atoms with Crippen LogP contribution in [0, 0.1) is 5.92 Å². The molecular weight excluding hydrogens is 272 g/mol. The van der Waals surface area contributed by atoms with E-state index in [9.17, 15) is 15.0 Å². The fourth-order valence-corrected chi connectivity index (χ4v) is 2.87. The lowest BCUT2D eigenvalue weighted by atomic mass is 9.72. The first kappa shape index (κ1) is 16.4. The van der Waals surface area contributed by atoms with Gasteiger partial charge in [-0.15, -0.1) is 6.58 Å². The smallest absolute Gasteiger partial charge is 0.161 e. The van der Waals surface area contributed by atoms with Crippen LogP contribution in [0.5, 0.6) is 0 Å². The molecular formula is C16H24O5. The maximum atomic E-state index is 11.8. The summed E-state index contributed by atoms with van der Waals surface area (Å²) in [6.07, 6.45) is 1.83. The molecule has 0 amide bonds. The second-order valence-electron chi connectivity index (χ2n) is 6.16. The van der Waals surface area contributed by atoms with Crippen LogP contribution in [0.1, 0.15) is 33.1 Å². The molecule has 2 aliphatic rings. The number of rotatable bonds is 5. The summed E-state index contributed by atoms with van der Waals surface area (Å²) in [5, 5.41) is 20.2. The lowest BCUT2D eigenvalue weighted by molar-refractivity contribution is -0.261. The van der Waals surface area contributed by atoms with E-state index in [0.717, 1.165) is 12.0 Å². The Hall–Kier alpha value is -1.01. The van der Waals surface area contributed by atoms with Gasteiger partial charge < -0.3 is 19.7 Å². The van der Waals surface area contributed by atoms with Crippen LogP contribution in [0.25, 0.3) is 0 Å². The number of carbonyl (C=O) groups is 1. The number of ketones is 1. The molecule has 5 heteroatoms. The molecule has 0 aromatic heterocycles. The summed E-state index contributed by atoms with van der Waals surface area (Å²) in [5.41, 5.74) is 0.308. The Morgan fingerprint density at radius 1 is 1.62 bits per heavy atom. The first-order chi connectivity index (χ1) is 9.85. The van der Waals surface area contributed by atoms with Crippen molar-refractivity contribution in [3.05, 3.63) is 23.8 Å². The van der Waals surface area contributed by atoms with Crippen molar-refractivity contribution in [3.63, 3.8) is 0 Å². The molecule has 0 saturated carbocycles. The quantitative estimate of drug-likeness (QED) is 0.749. The molecule has 0 aromatic rings. The van der Waals surface area contributed by atoms with E-state index in [2.05, 4.69) is 6.58 Å². The molecule has 21 heavy (non-hydrogen) atoms. The van der Waals surface area contributed by atoms with E-state index in [0.29, 0.717) is 12.2 Å².